The van der Waals surface area contributed by atoms with E-state index in [0.717, 1.165) is 22.5 Å². The summed E-state index contributed by atoms with van der Waals surface area (Å²) in [7, 11) is 6.61. The second kappa shape index (κ2) is 7.10. The van der Waals surface area contributed by atoms with Crippen molar-refractivity contribution in [3.8, 4) is 28.4 Å². The minimum atomic E-state index is 0.536. The SMILES string of the molecule is COc1cc(Nc2ccn3ncc(-c4cnn(C)c4)c3n2)cc(OC)c1OC. The Bertz CT molecular complexity index is 1110. The molecule has 0 spiro atoms. The first-order valence-electron chi connectivity index (χ1n) is 8.53. The molecule has 0 atom stereocenters. The maximum Gasteiger partial charge on any atom is 0.203 e. The standard InChI is InChI=1S/C19H20N6O3/c1-24-11-12(9-20-24)14-10-21-25-6-5-17(23-19(14)25)22-13-7-15(26-2)18(28-4)16(8-13)27-3/h5-11H,1-4H3,(H,22,23). The minimum absolute atomic E-state index is 0.536. The lowest BCUT2D eigenvalue weighted by Crippen LogP contribution is -2.00. The number of methoxy groups -OCH3 is 3. The Morgan fingerprint density at radius 1 is 0.964 bits per heavy atom. The number of benzene rings is 1. The van der Waals surface area contributed by atoms with Gasteiger partial charge in [0.2, 0.25) is 5.75 Å². The molecule has 4 aromatic rings. The highest BCUT2D eigenvalue weighted by molar-refractivity contribution is 5.77. The predicted molar refractivity (Wildman–Crippen MR) is 105 cm³/mol. The normalized spacial score (nSPS) is 10.9. The van der Waals surface area contributed by atoms with Crippen LogP contribution >= 0.6 is 0 Å². The molecule has 0 aliphatic heterocycles. The zero-order chi connectivity index (χ0) is 19.7. The first-order valence-corrected chi connectivity index (χ1v) is 8.53. The molecule has 144 valence electrons. The van der Waals surface area contributed by atoms with Gasteiger partial charge in [-0.05, 0) is 6.07 Å². The zero-order valence-corrected chi connectivity index (χ0v) is 16.0. The van der Waals surface area contributed by atoms with Gasteiger partial charge in [-0.15, -0.1) is 0 Å². The Hall–Kier alpha value is -3.75. The van der Waals surface area contributed by atoms with Gasteiger partial charge in [0.1, 0.15) is 5.82 Å². The molecule has 0 aliphatic rings. The number of hydrogen-bond acceptors (Lipinski definition) is 7. The fourth-order valence-electron chi connectivity index (χ4n) is 3.00. The van der Waals surface area contributed by atoms with E-state index in [9.17, 15) is 0 Å². The zero-order valence-electron chi connectivity index (χ0n) is 16.0. The van der Waals surface area contributed by atoms with Gasteiger partial charge in [0, 0.05) is 48.4 Å². The topological polar surface area (TPSA) is 87.7 Å². The molecule has 1 N–H and O–H groups in total. The number of ether oxygens (including phenoxy) is 3. The largest absolute Gasteiger partial charge is 0.493 e. The summed E-state index contributed by atoms with van der Waals surface area (Å²) in [4.78, 5) is 4.71. The number of aromatic nitrogens is 5. The van der Waals surface area contributed by atoms with Gasteiger partial charge in [-0.1, -0.05) is 0 Å². The summed E-state index contributed by atoms with van der Waals surface area (Å²) < 4.78 is 19.6. The van der Waals surface area contributed by atoms with E-state index in [2.05, 4.69) is 15.5 Å². The predicted octanol–water partition coefficient (Wildman–Crippen LogP) is 2.90. The first-order chi connectivity index (χ1) is 13.6. The average Bonchev–Trinajstić information content (AvgIpc) is 3.32. The van der Waals surface area contributed by atoms with E-state index in [0.29, 0.717) is 23.1 Å². The summed E-state index contributed by atoms with van der Waals surface area (Å²) in [6.07, 6.45) is 7.35. The van der Waals surface area contributed by atoms with Crippen LogP contribution in [0, 0.1) is 0 Å². The number of nitrogens with one attached hydrogen (secondary N) is 1. The van der Waals surface area contributed by atoms with E-state index in [1.54, 1.807) is 42.9 Å². The Morgan fingerprint density at radius 3 is 2.32 bits per heavy atom. The van der Waals surface area contributed by atoms with Crippen LogP contribution in [0.1, 0.15) is 0 Å². The van der Waals surface area contributed by atoms with Crippen LogP contribution in [0.4, 0.5) is 11.5 Å². The van der Waals surface area contributed by atoms with Crippen molar-refractivity contribution in [1.82, 2.24) is 24.4 Å². The van der Waals surface area contributed by atoms with Crippen molar-refractivity contribution in [2.75, 3.05) is 26.6 Å². The van der Waals surface area contributed by atoms with Crippen LogP contribution in [0.3, 0.4) is 0 Å². The summed E-state index contributed by atoms with van der Waals surface area (Å²) in [5, 5.41) is 11.9. The number of rotatable bonds is 6. The van der Waals surface area contributed by atoms with E-state index in [-0.39, 0.29) is 0 Å². The highest BCUT2D eigenvalue weighted by atomic mass is 16.5. The number of anilines is 2. The molecule has 0 aliphatic carbocycles. The summed E-state index contributed by atoms with van der Waals surface area (Å²) in [6.45, 7) is 0. The molecule has 3 aromatic heterocycles. The highest BCUT2D eigenvalue weighted by Crippen LogP contribution is 2.40. The second-order valence-corrected chi connectivity index (χ2v) is 6.08. The molecule has 0 unspecified atom stereocenters. The average molecular weight is 380 g/mol. The van der Waals surface area contributed by atoms with Crippen molar-refractivity contribution in [2.24, 2.45) is 7.05 Å². The number of fused-ring (bicyclic) bond motifs is 1. The van der Waals surface area contributed by atoms with Crippen LogP contribution in [-0.2, 0) is 7.05 Å². The Morgan fingerprint density at radius 2 is 1.71 bits per heavy atom. The van der Waals surface area contributed by atoms with E-state index in [1.165, 1.54) is 0 Å². The van der Waals surface area contributed by atoms with Crippen molar-refractivity contribution < 1.29 is 14.2 Å². The van der Waals surface area contributed by atoms with Gasteiger partial charge in [0.15, 0.2) is 17.1 Å². The molecule has 28 heavy (non-hydrogen) atoms. The maximum atomic E-state index is 5.41. The molecule has 0 amide bonds. The van der Waals surface area contributed by atoms with Crippen molar-refractivity contribution in [3.05, 3.63) is 43.0 Å². The molecule has 9 heteroatoms. The van der Waals surface area contributed by atoms with Crippen LogP contribution in [0.25, 0.3) is 16.8 Å². The summed E-state index contributed by atoms with van der Waals surface area (Å²) in [5.41, 5.74) is 3.34. The monoisotopic (exact) mass is 380 g/mol. The molecule has 0 saturated carbocycles. The van der Waals surface area contributed by atoms with Gasteiger partial charge in [-0.3, -0.25) is 4.68 Å². The summed E-state index contributed by atoms with van der Waals surface area (Å²) >= 11 is 0. The lowest BCUT2D eigenvalue weighted by Gasteiger charge is -2.15. The molecule has 4 rings (SSSR count). The summed E-state index contributed by atoms with van der Waals surface area (Å²) in [5.74, 6) is 2.32. The van der Waals surface area contributed by atoms with Gasteiger partial charge >= 0.3 is 0 Å². The van der Waals surface area contributed by atoms with Crippen LogP contribution in [-0.4, -0.2) is 45.7 Å². The van der Waals surface area contributed by atoms with Gasteiger partial charge in [0.05, 0.1) is 33.7 Å². The molecular formula is C19H20N6O3. The number of nitrogens with zero attached hydrogens (tertiary/aromatic N) is 5. The van der Waals surface area contributed by atoms with Gasteiger partial charge in [0.25, 0.3) is 0 Å². The fraction of sp³-hybridized carbons (Fsp3) is 0.211. The van der Waals surface area contributed by atoms with Crippen molar-refractivity contribution in [2.45, 2.75) is 0 Å². The molecule has 0 saturated heterocycles. The second-order valence-electron chi connectivity index (χ2n) is 6.08. The van der Waals surface area contributed by atoms with Crippen LogP contribution < -0.4 is 19.5 Å². The smallest absolute Gasteiger partial charge is 0.203 e. The third-order valence-corrected chi connectivity index (χ3v) is 4.32. The third-order valence-electron chi connectivity index (χ3n) is 4.32. The van der Waals surface area contributed by atoms with E-state index >= 15 is 0 Å². The molecule has 9 nitrogen and oxygen atoms in total. The molecule has 0 bridgehead atoms. The molecule has 1 aromatic carbocycles. The van der Waals surface area contributed by atoms with Crippen LogP contribution in [0.15, 0.2) is 43.0 Å². The third kappa shape index (κ3) is 3.07. The Kier molecular flexibility index (Phi) is 4.48. The Labute approximate surface area is 161 Å². The van der Waals surface area contributed by atoms with Crippen molar-refractivity contribution >= 4 is 17.2 Å². The number of aryl methyl sites for hydroxylation is 1. The van der Waals surface area contributed by atoms with Crippen LogP contribution in [0.5, 0.6) is 17.2 Å². The highest BCUT2D eigenvalue weighted by Gasteiger charge is 2.15. The Balaban J connectivity index is 1.72. The lowest BCUT2D eigenvalue weighted by atomic mass is 10.2. The molecule has 3 heterocycles. The summed E-state index contributed by atoms with van der Waals surface area (Å²) in [6, 6.07) is 5.49. The van der Waals surface area contributed by atoms with Gasteiger partial charge < -0.3 is 19.5 Å². The van der Waals surface area contributed by atoms with Crippen molar-refractivity contribution in [3.63, 3.8) is 0 Å². The molecular weight excluding hydrogens is 360 g/mol. The van der Waals surface area contributed by atoms with Crippen molar-refractivity contribution in [1.29, 1.82) is 0 Å². The van der Waals surface area contributed by atoms with Gasteiger partial charge in [-0.2, -0.15) is 10.2 Å². The molecule has 0 radical (unpaired) electrons. The lowest BCUT2D eigenvalue weighted by molar-refractivity contribution is 0.324. The maximum absolute atomic E-state index is 5.41. The van der Waals surface area contributed by atoms with E-state index < -0.39 is 0 Å². The van der Waals surface area contributed by atoms with Crippen LogP contribution in [0.2, 0.25) is 0 Å². The first kappa shape index (κ1) is 17.7. The minimum Gasteiger partial charge on any atom is -0.493 e. The van der Waals surface area contributed by atoms with Gasteiger partial charge in [-0.25, -0.2) is 9.50 Å². The fourth-order valence-corrected chi connectivity index (χ4v) is 3.00. The van der Waals surface area contributed by atoms with E-state index in [1.807, 2.05) is 37.6 Å². The van der Waals surface area contributed by atoms with E-state index in [4.69, 9.17) is 19.2 Å². The quantitative estimate of drug-likeness (QED) is 0.550. The number of hydrogen-bond donors (Lipinski definition) is 1. The molecule has 0 fully saturated rings.